The maximum absolute atomic E-state index is 12.8. The van der Waals surface area contributed by atoms with Gasteiger partial charge in [-0.3, -0.25) is 9.59 Å². The first-order valence-electron chi connectivity index (χ1n) is 14.8. The zero-order chi connectivity index (χ0) is 29.9. The normalized spacial score (nSPS) is 47.2. The van der Waals surface area contributed by atoms with Crippen molar-refractivity contribution in [2.24, 2.45) is 28.6 Å². The highest BCUT2D eigenvalue weighted by Crippen LogP contribution is 2.67. The fraction of sp³-hybridized carbons (Fsp3) is 0.833. The zero-order valence-electron chi connectivity index (χ0n) is 24.5. The van der Waals surface area contributed by atoms with Crippen LogP contribution in [0.2, 0.25) is 0 Å². The lowest BCUT2D eigenvalue weighted by atomic mass is 9.46. The molecule has 1 aliphatic heterocycles. The van der Waals surface area contributed by atoms with Crippen LogP contribution < -0.4 is 0 Å². The minimum Gasteiger partial charge on any atom is -0.467 e. The standard InChI is InChI=1S/C30H44O11/c1-15(31)38-18-8-12-29(4)17(13-18)14-30(40-16(2)32,21-19-7-6-10-28(19,3)11-9-20(21)29)41-27-24(35)22(33)23(34)25(39-27)26(36)37-5/h14,18-25,27,33-35H,6-13H2,1-5H3/t18-,19?,20?,21?,22-,23-,24+,25-,27-,28-,29-,30+/m0/s1. The van der Waals surface area contributed by atoms with Gasteiger partial charge in [0.15, 0.2) is 12.4 Å². The SMILES string of the molecule is COC(=O)[C@H]1O[C@@H](O[C@]2(OC(C)=O)C=C3C[C@@H](OC(C)=O)CC[C@]3(C)C3CC[C@]4(C)CCCC4C32)[C@H](O)[C@@H](O)[C@@H]1O. The van der Waals surface area contributed by atoms with Crippen LogP contribution in [0.3, 0.4) is 0 Å². The van der Waals surface area contributed by atoms with Gasteiger partial charge in [-0.15, -0.1) is 0 Å². The highest BCUT2D eigenvalue weighted by molar-refractivity contribution is 5.75. The quantitative estimate of drug-likeness (QED) is 0.189. The van der Waals surface area contributed by atoms with Crippen LogP contribution in [0.25, 0.3) is 0 Å². The molecule has 230 valence electrons. The van der Waals surface area contributed by atoms with Crippen molar-refractivity contribution in [3.8, 4) is 0 Å². The van der Waals surface area contributed by atoms with Crippen LogP contribution in [0.15, 0.2) is 11.6 Å². The lowest BCUT2D eigenvalue weighted by molar-refractivity contribution is -0.370. The van der Waals surface area contributed by atoms with Crippen molar-refractivity contribution in [1.82, 2.24) is 0 Å². The van der Waals surface area contributed by atoms with E-state index < -0.39 is 48.4 Å². The number of carbonyl (C=O) groups excluding carboxylic acids is 3. The van der Waals surface area contributed by atoms with Gasteiger partial charge >= 0.3 is 17.9 Å². The molecule has 5 aliphatic rings. The highest BCUT2D eigenvalue weighted by atomic mass is 16.8. The largest absolute Gasteiger partial charge is 0.467 e. The van der Waals surface area contributed by atoms with Crippen molar-refractivity contribution in [2.75, 3.05) is 7.11 Å². The lowest BCUT2D eigenvalue weighted by Crippen LogP contribution is -2.66. The first-order chi connectivity index (χ1) is 19.2. The fourth-order valence-electron chi connectivity index (χ4n) is 8.82. The second-order valence-corrected chi connectivity index (χ2v) is 13.2. The van der Waals surface area contributed by atoms with E-state index in [0.717, 1.165) is 57.6 Å². The molecule has 11 heteroatoms. The van der Waals surface area contributed by atoms with E-state index in [1.165, 1.54) is 13.8 Å². The van der Waals surface area contributed by atoms with Gasteiger partial charge in [0.1, 0.15) is 24.4 Å². The van der Waals surface area contributed by atoms with E-state index in [1.807, 2.05) is 6.08 Å². The van der Waals surface area contributed by atoms with Crippen molar-refractivity contribution in [3.63, 3.8) is 0 Å². The molecule has 11 nitrogen and oxygen atoms in total. The number of hydrogen-bond donors (Lipinski definition) is 3. The second kappa shape index (κ2) is 10.9. The van der Waals surface area contributed by atoms with E-state index in [2.05, 4.69) is 13.8 Å². The Morgan fingerprint density at radius 2 is 1.66 bits per heavy atom. The smallest absolute Gasteiger partial charge is 0.337 e. The van der Waals surface area contributed by atoms with E-state index in [-0.39, 0.29) is 40.7 Å². The predicted molar refractivity (Wildman–Crippen MR) is 142 cm³/mol. The number of esters is 3. The maximum Gasteiger partial charge on any atom is 0.337 e. The van der Waals surface area contributed by atoms with Gasteiger partial charge in [-0.05, 0) is 67.3 Å². The number of rotatable bonds is 5. The van der Waals surface area contributed by atoms with Gasteiger partial charge in [-0.1, -0.05) is 25.8 Å². The summed E-state index contributed by atoms with van der Waals surface area (Å²) in [6.45, 7) is 7.18. The predicted octanol–water partition coefficient (Wildman–Crippen LogP) is 2.14. The highest BCUT2D eigenvalue weighted by Gasteiger charge is 2.66. The molecular formula is C30H44O11. The molecule has 5 rings (SSSR count). The van der Waals surface area contributed by atoms with Crippen LogP contribution in [-0.2, 0) is 38.1 Å². The van der Waals surface area contributed by atoms with E-state index in [0.29, 0.717) is 6.42 Å². The van der Waals surface area contributed by atoms with Crippen LogP contribution in [0.5, 0.6) is 0 Å². The summed E-state index contributed by atoms with van der Waals surface area (Å²) >= 11 is 0. The molecule has 3 N–H and O–H groups in total. The Bertz CT molecular complexity index is 1090. The molecule has 0 amide bonds. The van der Waals surface area contributed by atoms with Gasteiger partial charge in [0.05, 0.1) is 7.11 Å². The van der Waals surface area contributed by atoms with Crippen molar-refractivity contribution in [1.29, 1.82) is 0 Å². The summed E-state index contributed by atoms with van der Waals surface area (Å²) in [4.78, 5) is 37.0. The molecule has 0 radical (unpaired) electrons. The number of fused-ring (bicyclic) bond motifs is 5. The van der Waals surface area contributed by atoms with E-state index in [9.17, 15) is 29.7 Å². The average molecular weight is 581 g/mol. The zero-order valence-corrected chi connectivity index (χ0v) is 24.5. The lowest BCUT2D eigenvalue weighted by Gasteiger charge is -2.62. The van der Waals surface area contributed by atoms with Gasteiger partial charge in [-0.2, -0.15) is 0 Å². The summed E-state index contributed by atoms with van der Waals surface area (Å²) in [5.41, 5.74) is 0.687. The van der Waals surface area contributed by atoms with Crippen molar-refractivity contribution in [2.45, 2.75) is 122 Å². The summed E-state index contributed by atoms with van der Waals surface area (Å²) < 4.78 is 28.8. The Hall–Kier alpha value is -2.05. The van der Waals surface area contributed by atoms with Crippen molar-refractivity contribution in [3.05, 3.63) is 11.6 Å². The van der Waals surface area contributed by atoms with Crippen LogP contribution in [0.4, 0.5) is 0 Å². The van der Waals surface area contributed by atoms with Crippen molar-refractivity contribution < 1.29 is 53.4 Å². The minimum atomic E-state index is -1.78. The van der Waals surface area contributed by atoms with Gasteiger partial charge in [0, 0.05) is 26.2 Å². The van der Waals surface area contributed by atoms with Crippen molar-refractivity contribution >= 4 is 17.9 Å². The number of ether oxygens (including phenoxy) is 5. The Labute approximate surface area is 240 Å². The van der Waals surface area contributed by atoms with E-state index in [4.69, 9.17) is 23.7 Å². The molecule has 0 spiro atoms. The molecule has 1 heterocycles. The molecular weight excluding hydrogens is 536 g/mol. The third kappa shape index (κ3) is 5.11. The third-order valence-electron chi connectivity index (χ3n) is 10.8. The topological polar surface area (TPSA) is 158 Å². The Morgan fingerprint density at radius 1 is 0.927 bits per heavy atom. The molecule has 3 saturated carbocycles. The number of carbonyl (C=O) groups is 3. The monoisotopic (exact) mass is 580 g/mol. The Kier molecular flexibility index (Phi) is 8.08. The first-order valence-corrected chi connectivity index (χ1v) is 14.8. The van der Waals surface area contributed by atoms with Crippen LogP contribution in [-0.4, -0.2) is 82.9 Å². The van der Waals surface area contributed by atoms with E-state index in [1.54, 1.807) is 0 Å². The number of hydrogen-bond acceptors (Lipinski definition) is 11. The second-order valence-electron chi connectivity index (χ2n) is 13.2. The third-order valence-corrected chi connectivity index (χ3v) is 10.8. The molecule has 41 heavy (non-hydrogen) atoms. The Morgan fingerprint density at radius 3 is 2.32 bits per heavy atom. The molecule has 1 saturated heterocycles. The van der Waals surface area contributed by atoms with Gasteiger partial charge in [-0.25, -0.2) is 4.79 Å². The molecule has 3 unspecified atom stereocenters. The summed E-state index contributed by atoms with van der Waals surface area (Å²) in [6, 6.07) is 0. The fourth-order valence-corrected chi connectivity index (χ4v) is 8.82. The first kappa shape index (κ1) is 30.4. The minimum absolute atomic E-state index is 0.00285. The van der Waals surface area contributed by atoms with Gasteiger partial charge < -0.3 is 39.0 Å². The van der Waals surface area contributed by atoms with Gasteiger partial charge in [0.2, 0.25) is 5.79 Å². The van der Waals surface area contributed by atoms with Crippen LogP contribution >= 0.6 is 0 Å². The Balaban J connectivity index is 1.62. The van der Waals surface area contributed by atoms with Crippen LogP contribution in [0.1, 0.15) is 79.1 Å². The number of aliphatic hydroxyl groups excluding tert-OH is 3. The number of aliphatic hydroxyl groups is 3. The molecule has 12 atom stereocenters. The summed E-state index contributed by atoms with van der Waals surface area (Å²) in [6.07, 6.45) is -0.237. The molecule has 0 aromatic heterocycles. The number of methoxy groups -OCH3 is 1. The average Bonchev–Trinajstić information content (AvgIpc) is 3.30. The molecule has 0 aromatic carbocycles. The summed E-state index contributed by atoms with van der Waals surface area (Å²) in [7, 11) is 1.12. The summed E-state index contributed by atoms with van der Waals surface area (Å²) in [5, 5.41) is 32.1. The van der Waals surface area contributed by atoms with E-state index >= 15 is 0 Å². The maximum atomic E-state index is 12.8. The van der Waals surface area contributed by atoms with Gasteiger partial charge in [0.25, 0.3) is 0 Å². The molecule has 4 fully saturated rings. The molecule has 0 bridgehead atoms. The molecule has 4 aliphatic carbocycles. The molecule has 0 aromatic rings. The summed E-state index contributed by atoms with van der Waals surface area (Å²) in [5.74, 6) is -3.73. The van der Waals surface area contributed by atoms with Crippen LogP contribution in [0, 0.1) is 28.6 Å².